The molecule has 1 heterocycles. The highest BCUT2D eigenvalue weighted by molar-refractivity contribution is 5.68. The molecule has 8 heteroatoms. The van der Waals surface area contributed by atoms with Crippen LogP contribution in [-0.2, 0) is 33.3 Å². The third-order valence-corrected chi connectivity index (χ3v) is 2.64. The molecule has 1 aliphatic heterocycles. The number of aliphatic hydroxyl groups excluding tert-OH is 1. The summed E-state index contributed by atoms with van der Waals surface area (Å²) in [6.45, 7) is 5.06. The second-order valence-corrected chi connectivity index (χ2v) is 4.45. The highest BCUT2D eigenvalue weighted by Crippen LogP contribution is 2.29. The summed E-state index contributed by atoms with van der Waals surface area (Å²) in [5.41, 5.74) is 0. The Balaban J connectivity index is 2.89. The number of hydrogen-bond acceptors (Lipinski definition) is 8. The standard InChI is InChI=1S/C12H18O8/c1-5(17-6(2)13)9-10(18-7(3)14)11(12(16)20-9)19-8(4)15/h5,9-12,16H,1-4H3/t5-,9+,10?,11?,12+/m0/s1. The number of aliphatic hydroxyl groups is 1. The van der Waals surface area contributed by atoms with Crippen LogP contribution in [-0.4, -0.2) is 53.7 Å². The van der Waals surface area contributed by atoms with Crippen molar-refractivity contribution in [2.45, 2.75) is 58.4 Å². The molecule has 5 atom stereocenters. The van der Waals surface area contributed by atoms with Crippen molar-refractivity contribution in [1.82, 2.24) is 0 Å². The van der Waals surface area contributed by atoms with Gasteiger partial charge in [-0.1, -0.05) is 0 Å². The van der Waals surface area contributed by atoms with Crippen LogP contribution in [0, 0.1) is 0 Å². The van der Waals surface area contributed by atoms with E-state index in [0.717, 1.165) is 6.92 Å². The molecular weight excluding hydrogens is 272 g/mol. The van der Waals surface area contributed by atoms with E-state index >= 15 is 0 Å². The Morgan fingerprint density at radius 1 is 1.00 bits per heavy atom. The fraction of sp³-hybridized carbons (Fsp3) is 0.750. The smallest absolute Gasteiger partial charge is 0.303 e. The van der Waals surface area contributed by atoms with Crippen LogP contribution in [0.4, 0.5) is 0 Å². The Kier molecular flexibility index (Phi) is 5.46. The van der Waals surface area contributed by atoms with E-state index in [0.29, 0.717) is 0 Å². The molecule has 0 amide bonds. The molecule has 1 N–H and O–H groups in total. The van der Waals surface area contributed by atoms with E-state index in [1.54, 1.807) is 0 Å². The van der Waals surface area contributed by atoms with Crippen molar-refractivity contribution in [3.8, 4) is 0 Å². The third kappa shape index (κ3) is 4.17. The molecule has 0 aromatic carbocycles. The predicted molar refractivity (Wildman–Crippen MR) is 63.2 cm³/mol. The maximum absolute atomic E-state index is 11.1. The third-order valence-electron chi connectivity index (χ3n) is 2.64. The molecule has 0 bridgehead atoms. The summed E-state index contributed by atoms with van der Waals surface area (Å²) in [4.78, 5) is 33.1. The first-order valence-electron chi connectivity index (χ1n) is 6.07. The van der Waals surface area contributed by atoms with E-state index < -0.39 is 48.6 Å². The highest BCUT2D eigenvalue weighted by atomic mass is 16.7. The van der Waals surface area contributed by atoms with Crippen LogP contribution in [0.2, 0.25) is 0 Å². The molecule has 2 unspecified atom stereocenters. The second kappa shape index (κ2) is 6.67. The number of carbonyl (C=O) groups is 3. The van der Waals surface area contributed by atoms with Crippen LogP contribution in [0.3, 0.4) is 0 Å². The van der Waals surface area contributed by atoms with Crippen LogP contribution in [0.15, 0.2) is 0 Å². The molecule has 1 rings (SSSR count). The van der Waals surface area contributed by atoms with Crippen molar-refractivity contribution < 1.29 is 38.4 Å². The molecule has 1 aliphatic rings. The van der Waals surface area contributed by atoms with Crippen LogP contribution in [0.1, 0.15) is 27.7 Å². The zero-order valence-electron chi connectivity index (χ0n) is 11.7. The number of rotatable bonds is 4. The lowest BCUT2D eigenvalue weighted by molar-refractivity contribution is -0.176. The first-order chi connectivity index (χ1) is 9.22. The predicted octanol–water partition coefficient (Wildman–Crippen LogP) is -0.481. The van der Waals surface area contributed by atoms with Gasteiger partial charge in [-0.2, -0.15) is 0 Å². The van der Waals surface area contributed by atoms with Gasteiger partial charge in [0.2, 0.25) is 0 Å². The summed E-state index contributed by atoms with van der Waals surface area (Å²) in [7, 11) is 0. The normalized spacial score (nSPS) is 30.4. The molecular formula is C12H18O8. The molecule has 0 radical (unpaired) electrons. The molecule has 1 fully saturated rings. The van der Waals surface area contributed by atoms with Gasteiger partial charge in [0, 0.05) is 20.8 Å². The first-order valence-corrected chi connectivity index (χ1v) is 6.07. The Hall–Kier alpha value is -1.67. The Morgan fingerprint density at radius 2 is 1.50 bits per heavy atom. The lowest BCUT2D eigenvalue weighted by Crippen LogP contribution is -2.44. The summed E-state index contributed by atoms with van der Waals surface area (Å²) in [6.07, 6.45) is -5.40. The van der Waals surface area contributed by atoms with Gasteiger partial charge in [0.05, 0.1) is 0 Å². The average molecular weight is 290 g/mol. The summed E-state index contributed by atoms with van der Waals surface area (Å²) in [5, 5.41) is 9.74. The van der Waals surface area contributed by atoms with Crippen molar-refractivity contribution in [1.29, 1.82) is 0 Å². The summed E-state index contributed by atoms with van der Waals surface area (Å²) >= 11 is 0. The largest absolute Gasteiger partial charge is 0.460 e. The van der Waals surface area contributed by atoms with Gasteiger partial charge >= 0.3 is 17.9 Å². The molecule has 0 aromatic heterocycles. The topological polar surface area (TPSA) is 108 Å². The van der Waals surface area contributed by atoms with Crippen molar-refractivity contribution >= 4 is 17.9 Å². The Morgan fingerprint density at radius 3 is 1.95 bits per heavy atom. The molecule has 0 spiro atoms. The minimum Gasteiger partial charge on any atom is -0.460 e. The van der Waals surface area contributed by atoms with E-state index in [1.807, 2.05) is 0 Å². The number of hydrogen-bond donors (Lipinski definition) is 1. The molecule has 0 aliphatic carbocycles. The molecule has 1 saturated heterocycles. The number of esters is 3. The Labute approximate surface area is 115 Å². The maximum Gasteiger partial charge on any atom is 0.303 e. The lowest BCUT2D eigenvalue weighted by Gasteiger charge is -2.25. The van der Waals surface area contributed by atoms with Gasteiger partial charge in [-0.3, -0.25) is 14.4 Å². The van der Waals surface area contributed by atoms with E-state index in [1.165, 1.54) is 20.8 Å². The molecule has 8 nitrogen and oxygen atoms in total. The van der Waals surface area contributed by atoms with Crippen LogP contribution in [0.25, 0.3) is 0 Å². The fourth-order valence-corrected chi connectivity index (χ4v) is 2.01. The fourth-order valence-electron chi connectivity index (χ4n) is 2.01. The summed E-state index contributed by atoms with van der Waals surface area (Å²) in [6, 6.07) is 0. The average Bonchev–Trinajstić information content (AvgIpc) is 2.55. The quantitative estimate of drug-likeness (QED) is 0.546. The van der Waals surface area contributed by atoms with E-state index in [-0.39, 0.29) is 0 Å². The molecule has 0 aromatic rings. The number of ether oxygens (including phenoxy) is 4. The van der Waals surface area contributed by atoms with Crippen molar-refractivity contribution in [3.05, 3.63) is 0 Å². The minimum absolute atomic E-state index is 0.548. The monoisotopic (exact) mass is 290 g/mol. The van der Waals surface area contributed by atoms with Gasteiger partial charge in [-0.15, -0.1) is 0 Å². The highest BCUT2D eigenvalue weighted by Gasteiger charge is 2.51. The molecule has 20 heavy (non-hydrogen) atoms. The molecule has 114 valence electrons. The Bertz CT molecular complexity index is 393. The summed E-state index contributed by atoms with van der Waals surface area (Å²) < 4.78 is 20.0. The van der Waals surface area contributed by atoms with Crippen LogP contribution >= 0.6 is 0 Å². The maximum atomic E-state index is 11.1. The van der Waals surface area contributed by atoms with Gasteiger partial charge in [0.1, 0.15) is 12.2 Å². The minimum atomic E-state index is -1.47. The van der Waals surface area contributed by atoms with Gasteiger partial charge in [-0.05, 0) is 6.92 Å². The first kappa shape index (κ1) is 16.4. The van der Waals surface area contributed by atoms with E-state index in [9.17, 15) is 19.5 Å². The zero-order valence-corrected chi connectivity index (χ0v) is 11.7. The SMILES string of the molecule is CC(=O)OC1C(OC(C)=O)[C@@H]([C@H](C)OC(C)=O)O[C@H]1O. The van der Waals surface area contributed by atoms with Crippen LogP contribution in [0.5, 0.6) is 0 Å². The summed E-state index contributed by atoms with van der Waals surface area (Å²) in [5.74, 6) is -1.84. The van der Waals surface area contributed by atoms with Crippen LogP contribution < -0.4 is 0 Å². The van der Waals surface area contributed by atoms with Gasteiger partial charge in [0.25, 0.3) is 0 Å². The van der Waals surface area contributed by atoms with E-state index in [2.05, 4.69) is 0 Å². The van der Waals surface area contributed by atoms with Crippen molar-refractivity contribution in [2.24, 2.45) is 0 Å². The van der Waals surface area contributed by atoms with Crippen molar-refractivity contribution in [2.75, 3.05) is 0 Å². The van der Waals surface area contributed by atoms with Gasteiger partial charge in [0.15, 0.2) is 18.5 Å². The zero-order chi connectivity index (χ0) is 15.4. The van der Waals surface area contributed by atoms with Gasteiger partial charge in [-0.25, -0.2) is 0 Å². The van der Waals surface area contributed by atoms with Gasteiger partial charge < -0.3 is 24.1 Å². The molecule has 0 saturated carbocycles. The van der Waals surface area contributed by atoms with E-state index in [4.69, 9.17) is 18.9 Å². The number of carbonyl (C=O) groups excluding carboxylic acids is 3. The second-order valence-electron chi connectivity index (χ2n) is 4.45. The van der Waals surface area contributed by atoms with Crippen molar-refractivity contribution in [3.63, 3.8) is 0 Å². The lowest BCUT2D eigenvalue weighted by atomic mass is 10.1.